The van der Waals surface area contributed by atoms with E-state index in [9.17, 15) is 5.11 Å². The Morgan fingerprint density at radius 1 is 1.19 bits per heavy atom. The van der Waals surface area contributed by atoms with Gasteiger partial charge in [-0.2, -0.15) is 11.3 Å². The van der Waals surface area contributed by atoms with E-state index in [0.717, 1.165) is 18.7 Å². The molecule has 2 heterocycles. The van der Waals surface area contributed by atoms with Gasteiger partial charge in [-0.3, -0.25) is 0 Å². The van der Waals surface area contributed by atoms with Gasteiger partial charge in [0.05, 0.1) is 11.5 Å². The van der Waals surface area contributed by atoms with Crippen LogP contribution in [0.1, 0.15) is 67.7 Å². The molecule has 3 aliphatic rings. The van der Waals surface area contributed by atoms with Crippen LogP contribution in [0.15, 0.2) is 16.8 Å². The van der Waals surface area contributed by atoms with Crippen molar-refractivity contribution in [1.82, 2.24) is 14.8 Å². The summed E-state index contributed by atoms with van der Waals surface area (Å²) in [5.41, 5.74) is 1.22. The zero-order valence-electron chi connectivity index (χ0n) is 11.9. The Bertz CT molecular complexity index is 664. The molecule has 3 aliphatic carbocycles. The lowest BCUT2D eigenvalue weighted by Crippen LogP contribution is -2.47. The summed E-state index contributed by atoms with van der Waals surface area (Å²) in [7, 11) is 0. The molecule has 3 saturated carbocycles. The molecule has 2 aromatic rings. The van der Waals surface area contributed by atoms with Crippen LogP contribution in [0.3, 0.4) is 0 Å². The van der Waals surface area contributed by atoms with E-state index in [4.69, 9.17) is 0 Å². The summed E-state index contributed by atoms with van der Waals surface area (Å²) in [5, 5.41) is 23.5. The molecule has 1 N–H and O–H groups in total. The van der Waals surface area contributed by atoms with Gasteiger partial charge in [0, 0.05) is 12.0 Å². The van der Waals surface area contributed by atoms with Gasteiger partial charge in [-0.15, -0.1) is 10.2 Å². The van der Waals surface area contributed by atoms with Crippen LogP contribution in [0.25, 0.3) is 0 Å². The van der Waals surface area contributed by atoms with Crippen LogP contribution in [0, 0.1) is 0 Å². The van der Waals surface area contributed by atoms with Crippen LogP contribution in [0.5, 0.6) is 0 Å². The van der Waals surface area contributed by atoms with Gasteiger partial charge in [0.15, 0.2) is 0 Å². The molecule has 2 aromatic heterocycles. The van der Waals surface area contributed by atoms with Gasteiger partial charge in [0.25, 0.3) is 0 Å². The van der Waals surface area contributed by atoms with E-state index < -0.39 is 0 Å². The Morgan fingerprint density at radius 3 is 2.57 bits per heavy atom. The lowest BCUT2D eigenvalue weighted by Gasteiger charge is -2.44. The van der Waals surface area contributed by atoms with Crippen molar-refractivity contribution in [1.29, 1.82) is 0 Å². The third kappa shape index (κ3) is 1.77. The number of thiophene rings is 1. The van der Waals surface area contributed by atoms with E-state index in [2.05, 4.69) is 31.6 Å². The molecule has 0 aliphatic heterocycles. The lowest BCUT2D eigenvalue weighted by molar-refractivity contribution is 0.0319. The van der Waals surface area contributed by atoms with E-state index in [1.165, 1.54) is 37.1 Å². The number of aliphatic hydroxyl groups is 1. The first-order valence-corrected chi connectivity index (χ1v) is 8.88. The molecule has 0 saturated heterocycles. The maximum Gasteiger partial charge on any atom is 0.144 e. The number of aromatic nitrogens is 3. The Morgan fingerprint density at radius 2 is 2.00 bits per heavy atom. The van der Waals surface area contributed by atoms with Crippen molar-refractivity contribution < 1.29 is 5.11 Å². The van der Waals surface area contributed by atoms with Crippen molar-refractivity contribution in [3.05, 3.63) is 34.0 Å². The topological polar surface area (TPSA) is 50.9 Å². The normalized spacial score (nSPS) is 32.1. The van der Waals surface area contributed by atoms with Crippen molar-refractivity contribution in [3.8, 4) is 0 Å². The van der Waals surface area contributed by atoms with Crippen LogP contribution in [0.2, 0.25) is 0 Å². The zero-order chi connectivity index (χ0) is 14.0. The molecular weight excluding hydrogens is 282 g/mol. The molecule has 0 spiro atoms. The Hall–Kier alpha value is -1.20. The highest BCUT2D eigenvalue weighted by Crippen LogP contribution is 2.53. The predicted molar refractivity (Wildman–Crippen MR) is 80.6 cm³/mol. The van der Waals surface area contributed by atoms with E-state index >= 15 is 0 Å². The molecule has 5 rings (SSSR count). The molecule has 0 unspecified atom stereocenters. The van der Waals surface area contributed by atoms with Crippen molar-refractivity contribution in [2.75, 3.05) is 0 Å². The average Bonchev–Trinajstić information content (AvgIpc) is 3.37. The molecular formula is C16H19N3OS. The average molecular weight is 301 g/mol. The first kappa shape index (κ1) is 12.4. The summed E-state index contributed by atoms with van der Waals surface area (Å²) in [4.78, 5) is 0. The predicted octanol–water partition coefficient (Wildman–Crippen LogP) is 2.99. The van der Waals surface area contributed by atoms with Crippen molar-refractivity contribution >= 4 is 11.3 Å². The molecule has 0 radical (unpaired) electrons. The minimum Gasteiger partial charge on any atom is -0.393 e. The van der Waals surface area contributed by atoms with E-state index in [1.54, 1.807) is 11.3 Å². The summed E-state index contributed by atoms with van der Waals surface area (Å²) in [5.74, 6) is 2.97. The summed E-state index contributed by atoms with van der Waals surface area (Å²) in [6.07, 6.45) is 6.43. The third-order valence-corrected chi connectivity index (χ3v) is 5.93. The fraction of sp³-hybridized carbons (Fsp3) is 0.625. The van der Waals surface area contributed by atoms with Gasteiger partial charge in [-0.1, -0.05) is 0 Å². The molecule has 0 amide bonds. The van der Waals surface area contributed by atoms with Crippen LogP contribution in [-0.4, -0.2) is 26.0 Å². The van der Waals surface area contributed by atoms with Gasteiger partial charge in [0.1, 0.15) is 11.6 Å². The minimum atomic E-state index is -0.196. The summed E-state index contributed by atoms with van der Waals surface area (Å²) in [6, 6.07) is 2.80. The Balaban J connectivity index is 1.65. The number of rotatable bonds is 4. The van der Waals surface area contributed by atoms with Crippen LogP contribution in [-0.2, 0) is 5.41 Å². The molecule has 0 aromatic carbocycles. The molecule has 21 heavy (non-hydrogen) atoms. The first-order valence-electron chi connectivity index (χ1n) is 7.94. The van der Waals surface area contributed by atoms with E-state index in [0.29, 0.717) is 12.0 Å². The highest BCUT2D eigenvalue weighted by Gasteiger charge is 2.52. The highest BCUT2D eigenvalue weighted by atomic mass is 32.1. The molecule has 0 atom stereocenters. The van der Waals surface area contributed by atoms with Crippen molar-refractivity contribution in [2.45, 2.75) is 62.0 Å². The first-order chi connectivity index (χ1) is 10.3. The SMILES string of the molecule is O[C@H]1C[C@@](c2ccsc2)(c2nnc(C3CC3)n2C2CC2)C1. The van der Waals surface area contributed by atoms with Crippen LogP contribution >= 0.6 is 11.3 Å². The van der Waals surface area contributed by atoms with Gasteiger partial charge < -0.3 is 9.67 Å². The number of nitrogens with zero attached hydrogens (tertiary/aromatic N) is 3. The highest BCUT2D eigenvalue weighted by molar-refractivity contribution is 7.08. The van der Waals surface area contributed by atoms with Gasteiger partial charge in [0.2, 0.25) is 0 Å². The van der Waals surface area contributed by atoms with Crippen molar-refractivity contribution in [3.63, 3.8) is 0 Å². The number of hydrogen-bond donors (Lipinski definition) is 1. The lowest BCUT2D eigenvalue weighted by atomic mass is 9.62. The Kier molecular flexibility index (Phi) is 2.45. The minimum absolute atomic E-state index is 0.0951. The molecule has 3 fully saturated rings. The second-order valence-corrected chi connectivity index (χ2v) is 7.69. The monoisotopic (exact) mass is 301 g/mol. The maximum atomic E-state index is 9.96. The summed E-state index contributed by atoms with van der Waals surface area (Å²) >= 11 is 1.73. The standard InChI is InChI=1S/C16H19N3OS/c20-13-7-16(8-13,11-5-6-21-9-11)15-18-17-14(10-1-2-10)19(15)12-3-4-12/h5-6,9-10,12-13,20H,1-4,7-8H2/t13-,16+. The molecule has 4 nitrogen and oxygen atoms in total. The quantitative estimate of drug-likeness (QED) is 0.944. The maximum absolute atomic E-state index is 9.96. The van der Waals surface area contributed by atoms with Gasteiger partial charge in [-0.05, 0) is 60.9 Å². The van der Waals surface area contributed by atoms with E-state index in [-0.39, 0.29) is 11.5 Å². The molecule has 0 bridgehead atoms. The van der Waals surface area contributed by atoms with Crippen LogP contribution < -0.4 is 0 Å². The third-order valence-electron chi connectivity index (χ3n) is 5.25. The molecule has 110 valence electrons. The van der Waals surface area contributed by atoms with Crippen LogP contribution in [0.4, 0.5) is 0 Å². The number of aliphatic hydroxyl groups excluding tert-OH is 1. The fourth-order valence-electron chi connectivity index (χ4n) is 3.77. The smallest absolute Gasteiger partial charge is 0.144 e. The second-order valence-electron chi connectivity index (χ2n) is 6.91. The summed E-state index contributed by atoms with van der Waals surface area (Å²) in [6.45, 7) is 0. The Labute approximate surface area is 127 Å². The van der Waals surface area contributed by atoms with Gasteiger partial charge >= 0.3 is 0 Å². The second kappa shape index (κ2) is 4.17. The fourth-order valence-corrected chi connectivity index (χ4v) is 4.53. The summed E-state index contributed by atoms with van der Waals surface area (Å²) < 4.78 is 2.45. The van der Waals surface area contributed by atoms with Crippen molar-refractivity contribution in [2.24, 2.45) is 0 Å². The van der Waals surface area contributed by atoms with Gasteiger partial charge in [-0.25, -0.2) is 0 Å². The van der Waals surface area contributed by atoms with E-state index in [1.807, 2.05) is 0 Å². The zero-order valence-corrected chi connectivity index (χ0v) is 12.7. The number of hydrogen-bond acceptors (Lipinski definition) is 4. The molecule has 5 heteroatoms. The largest absolute Gasteiger partial charge is 0.393 e.